The molecule has 1 heterocycles. The predicted molar refractivity (Wildman–Crippen MR) is 80.6 cm³/mol. The topological polar surface area (TPSA) is 63.2 Å². The van der Waals surface area contributed by atoms with Crippen LogP contribution in [-0.4, -0.2) is 56.9 Å². The Morgan fingerprint density at radius 1 is 1.43 bits per heavy atom. The van der Waals surface area contributed by atoms with Crippen LogP contribution < -0.4 is 10.1 Å². The van der Waals surface area contributed by atoms with Crippen molar-refractivity contribution in [3.05, 3.63) is 29.8 Å². The number of likely N-dealkylation sites (N-methyl/N-ethyl adjacent to an activating group) is 1. The number of amides is 1. The van der Waals surface area contributed by atoms with E-state index in [1.54, 1.807) is 7.11 Å². The summed E-state index contributed by atoms with van der Waals surface area (Å²) in [6.45, 7) is 1.40. The zero-order valence-electron chi connectivity index (χ0n) is 12.6. The van der Waals surface area contributed by atoms with Crippen molar-refractivity contribution < 1.29 is 14.4 Å². The molecule has 0 saturated carbocycles. The molecule has 0 aromatic heterocycles. The maximum Gasteiger partial charge on any atom is 0.264 e. The Morgan fingerprint density at radius 3 is 2.76 bits per heavy atom. The first kappa shape index (κ1) is 15.3. The number of hydrogen-bond donors (Lipinski definition) is 1. The van der Waals surface area contributed by atoms with Crippen LogP contribution in [-0.2, 0) is 9.63 Å². The van der Waals surface area contributed by atoms with Gasteiger partial charge in [-0.25, -0.2) is 0 Å². The number of nitrogens with zero attached hydrogens (tertiary/aromatic N) is 2. The highest BCUT2D eigenvalue weighted by Gasteiger charge is 2.28. The normalized spacial score (nSPS) is 17.3. The summed E-state index contributed by atoms with van der Waals surface area (Å²) in [5, 5.41) is 6.86. The van der Waals surface area contributed by atoms with Crippen molar-refractivity contribution in [2.45, 2.75) is 12.5 Å². The quantitative estimate of drug-likeness (QED) is 0.844. The van der Waals surface area contributed by atoms with Crippen molar-refractivity contribution in [2.75, 3.05) is 34.3 Å². The van der Waals surface area contributed by atoms with E-state index < -0.39 is 6.10 Å². The van der Waals surface area contributed by atoms with E-state index in [0.717, 1.165) is 23.6 Å². The van der Waals surface area contributed by atoms with Crippen LogP contribution in [0.25, 0.3) is 0 Å². The van der Waals surface area contributed by atoms with Crippen LogP contribution in [0.4, 0.5) is 0 Å². The van der Waals surface area contributed by atoms with Crippen LogP contribution in [0.15, 0.2) is 29.4 Å². The summed E-state index contributed by atoms with van der Waals surface area (Å²) in [7, 11) is 5.55. The van der Waals surface area contributed by atoms with E-state index in [1.165, 1.54) is 0 Å². The van der Waals surface area contributed by atoms with Crippen LogP contribution in [0, 0.1) is 0 Å². The van der Waals surface area contributed by atoms with Gasteiger partial charge in [-0.15, -0.1) is 0 Å². The second kappa shape index (κ2) is 7.08. The number of hydrogen-bond acceptors (Lipinski definition) is 5. The lowest BCUT2D eigenvalue weighted by Gasteiger charge is -2.12. The lowest BCUT2D eigenvalue weighted by molar-refractivity contribution is -0.131. The van der Waals surface area contributed by atoms with Gasteiger partial charge in [-0.3, -0.25) is 4.79 Å². The van der Waals surface area contributed by atoms with E-state index in [0.29, 0.717) is 13.0 Å². The minimum Gasteiger partial charge on any atom is -0.497 e. The average Bonchev–Trinajstić information content (AvgIpc) is 2.97. The molecule has 1 unspecified atom stereocenters. The number of carbonyl (C=O) groups is 1. The third kappa shape index (κ3) is 4.19. The molecule has 6 heteroatoms. The third-order valence-electron chi connectivity index (χ3n) is 3.24. The molecule has 1 atom stereocenters. The summed E-state index contributed by atoms with van der Waals surface area (Å²) < 4.78 is 5.12. The van der Waals surface area contributed by atoms with E-state index in [4.69, 9.17) is 9.57 Å². The Morgan fingerprint density at radius 2 is 2.14 bits per heavy atom. The minimum absolute atomic E-state index is 0.121. The fourth-order valence-electron chi connectivity index (χ4n) is 1.99. The van der Waals surface area contributed by atoms with Crippen LogP contribution in [0.3, 0.4) is 0 Å². The van der Waals surface area contributed by atoms with Gasteiger partial charge >= 0.3 is 0 Å². The Bertz CT molecular complexity index is 511. The van der Waals surface area contributed by atoms with Gasteiger partial charge in [-0.2, -0.15) is 0 Å². The summed E-state index contributed by atoms with van der Waals surface area (Å²) in [6.07, 6.45) is -0.0515. The molecular weight excluding hydrogens is 270 g/mol. The molecule has 1 aromatic carbocycles. The molecule has 1 N–H and O–H groups in total. The molecule has 0 fully saturated rings. The SMILES string of the molecule is COc1ccc(C2=NOC(C(=O)NCCN(C)C)C2)cc1. The number of oxime groups is 1. The Hall–Kier alpha value is -2.08. The van der Waals surface area contributed by atoms with Crippen molar-refractivity contribution in [2.24, 2.45) is 5.16 Å². The Kier molecular flexibility index (Phi) is 5.16. The monoisotopic (exact) mass is 291 g/mol. The second-order valence-electron chi connectivity index (χ2n) is 5.16. The highest BCUT2D eigenvalue weighted by Crippen LogP contribution is 2.19. The van der Waals surface area contributed by atoms with Gasteiger partial charge < -0.3 is 19.8 Å². The van der Waals surface area contributed by atoms with Crippen molar-refractivity contribution in [3.8, 4) is 5.75 Å². The third-order valence-corrected chi connectivity index (χ3v) is 3.24. The molecule has 0 radical (unpaired) electrons. The van der Waals surface area contributed by atoms with E-state index in [2.05, 4.69) is 10.5 Å². The smallest absolute Gasteiger partial charge is 0.264 e. The maximum atomic E-state index is 12.0. The molecular formula is C15H21N3O3. The number of benzene rings is 1. The zero-order chi connectivity index (χ0) is 15.2. The molecule has 6 nitrogen and oxygen atoms in total. The number of carbonyl (C=O) groups excluding carboxylic acids is 1. The lowest BCUT2D eigenvalue weighted by Crippen LogP contribution is -2.38. The number of rotatable bonds is 6. The number of ether oxygens (including phenoxy) is 1. The highest BCUT2D eigenvalue weighted by atomic mass is 16.6. The molecule has 114 valence electrons. The summed E-state index contributed by atoms with van der Waals surface area (Å²) in [6, 6.07) is 7.55. The average molecular weight is 291 g/mol. The van der Waals surface area contributed by atoms with Crippen LogP contribution in [0.5, 0.6) is 5.75 Å². The molecule has 1 aliphatic rings. The number of methoxy groups -OCH3 is 1. The molecule has 1 aromatic rings. The molecule has 1 amide bonds. The van der Waals surface area contributed by atoms with Crippen molar-refractivity contribution >= 4 is 11.6 Å². The van der Waals surface area contributed by atoms with Gasteiger partial charge in [0.15, 0.2) is 0 Å². The first-order valence-corrected chi connectivity index (χ1v) is 6.89. The summed E-state index contributed by atoms with van der Waals surface area (Å²) in [5.74, 6) is 0.667. The number of nitrogens with one attached hydrogen (secondary N) is 1. The van der Waals surface area contributed by atoms with Gasteiger partial charge in [-0.05, 0) is 43.9 Å². The second-order valence-corrected chi connectivity index (χ2v) is 5.16. The molecule has 21 heavy (non-hydrogen) atoms. The molecule has 0 aliphatic carbocycles. The van der Waals surface area contributed by atoms with E-state index in [-0.39, 0.29) is 5.91 Å². The fourth-order valence-corrected chi connectivity index (χ4v) is 1.99. The van der Waals surface area contributed by atoms with Crippen LogP contribution in [0.1, 0.15) is 12.0 Å². The highest BCUT2D eigenvalue weighted by molar-refractivity contribution is 6.04. The molecule has 0 saturated heterocycles. The maximum absolute atomic E-state index is 12.0. The van der Waals surface area contributed by atoms with Crippen molar-refractivity contribution in [3.63, 3.8) is 0 Å². The molecule has 0 spiro atoms. The van der Waals surface area contributed by atoms with Gasteiger partial charge in [0, 0.05) is 19.5 Å². The Labute approximate surface area is 124 Å². The fraction of sp³-hybridized carbons (Fsp3) is 0.467. The molecule has 1 aliphatic heterocycles. The first-order valence-electron chi connectivity index (χ1n) is 6.89. The van der Waals surface area contributed by atoms with Crippen LogP contribution >= 0.6 is 0 Å². The standard InChI is InChI=1S/C15H21N3O3/c1-18(2)9-8-16-15(19)14-10-13(17-21-14)11-4-6-12(20-3)7-5-11/h4-7,14H,8-10H2,1-3H3,(H,16,19). The van der Waals surface area contributed by atoms with Crippen molar-refractivity contribution in [1.82, 2.24) is 10.2 Å². The summed E-state index contributed by atoms with van der Waals surface area (Å²) >= 11 is 0. The largest absolute Gasteiger partial charge is 0.497 e. The first-order chi connectivity index (χ1) is 10.1. The van der Waals surface area contributed by atoms with E-state index in [1.807, 2.05) is 43.3 Å². The summed E-state index contributed by atoms with van der Waals surface area (Å²) in [5.41, 5.74) is 1.73. The van der Waals surface area contributed by atoms with Crippen molar-refractivity contribution in [1.29, 1.82) is 0 Å². The van der Waals surface area contributed by atoms with E-state index >= 15 is 0 Å². The van der Waals surface area contributed by atoms with E-state index in [9.17, 15) is 4.79 Å². The van der Waals surface area contributed by atoms with Gasteiger partial charge in [-0.1, -0.05) is 5.16 Å². The van der Waals surface area contributed by atoms with Gasteiger partial charge in [0.1, 0.15) is 5.75 Å². The molecule has 0 bridgehead atoms. The minimum atomic E-state index is -0.538. The summed E-state index contributed by atoms with van der Waals surface area (Å²) in [4.78, 5) is 19.2. The zero-order valence-corrected chi connectivity index (χ0v) is 12.6. The molecule has 2 rings (SSSR count). The van der Waals surface area contributed by atoms with Crippen LogP contribution in [0.2, 0.25) is 0 Å². The van der Waals surface area contributed by atoms with Gasteiger partial charge in [0.25, 0.3) is 5.91 Å². The van der Waals surface area contributed by atoms with Gasteiger partial charge in [0.05, 0.1) is 12.8 Å². The Balaban J connectivity index is 1.85. The lowest BCUT2D eigenvalue weighted by atomic mass is 10.0. The van der Waals surface area contributed by atoms with Gasteiger partial charge in [0.2, 0.25) is 6.10 Å². The predicted octanol–water partition coefficient (Wildman–Crippen LogP) is 0.866.